The Morgan fingerprint density at radius 2 is 2.25 bits per heavy atom. The van der Waals surface area contributed by atoms with Gasteiger partial charge in [-0.05, 0) is 19.9 Å². The fourth-order valence-corrected chi connectivity index (χ4v) is 0.967. The summed E-state index contributed by atoms with van der Waals surface area (Å²) < 4.78 is 0. The topological polar surface area (TPSA) is 59.1 Å². The van der Waals surface area contributed by atoms with Crippen molar-refractivity contribution < 1.29 is 5.11 Å². The number of hydrogen-bond donors (Lipinski definition) is 2. The fourth-order valence-electron chi connectivity index (χ4n) is 0.967. The van der Waals surface area contributed by atoms with Gasteiger partial charge in [-0.3, -0.25) is 4.98 Å². The van der Waals surface area contributed by atoms with E-state index in [1.807, 2.05) is 6.07 Å². The predicted molar refractivity (Wildman–Crippen MR) is 47.5 cm³/mol. The predicted octanol–water partition coefficient (Wildman–Crippen LogP) is 0.852. The first-order chi connectivity index (χ1) is 5.52. The zero-order chi connectivity index (χ0) is 9.19. The van der Waals surface area contributed by atoms with E-state index < -0.39 is 11.6 Å². The molecule has 0 unspecified atom stereocenters. The summed E-state index contributed by atoms with van der Waals surface area (Å²) in [5, 5.41) is 9.69. The molecule has 3 N–H and O–H groups in total. The van der Waals surface area contributed by atoms with Crippen molar-refractivity contribution in [2.24, 2.45) is 5.73 Å². The number of aromatic nitrogens is 1. The second kappa shape index (κ2) is 3.21. The Labute approximate surface area is 72.2 Å². The molecule has 1 atom stereocenters. The summed E-state index contributed by atoms with van der Waals surface area (Å²) in [6, 6.07) is 3.59. The van der Waals surface area contributed by atoms with Gasteiger partial charge in [-0.1, -0.05) is 6.07 Å². The Morgan fingerprint density at radius 1 is 1.58 bits per heavy atom. The van der Waals surface area contributed by atoms with Crippen LogP contribution >= 0.6 is 0 Å². The van der Waals surface area contributed by atoms with Gasteiger partial charge in [-0.25, -0.2) is 0 Å². The van der Waals surface area contributed by atoms with Gasteiger partial charge in [0, 0.05) is 23.5 Å². The lowest BCUT2D eigenvalue weighted by Crippen LogP contribution is -2.39. The first-order valence-corrected chi connectivity index (χ1v) is 3.88. The number of aliphatic hydroxyl groups is 1. The van der Waals surface area contributed by atoms with Gasteiger partial charge < -0.3 is 10.8 Å². The van der Waals surface area contributed by atoms with Crippen molar-refractivity contribution in [3.05, 3.63) is 30.1 Å². The van der Waals surface area contributed by atoms with Crippen LogP contribution in [0.5, 0.6) is 0 Å². The van der Waals surface area contributed by atoms with E-state index in [-0.39, 0.29) is 0 Å². The van der Waals surface area contributed by atoms with Gasteiger partial charge in [-0.15, -0.1) is 0 Å². The smallest absolute Gasteiger partial charge is 0.0978 e. The quantitative estimate of drug-likeness (QED) is 0.684. The molecule has 0 fully saturated rings. The number of rotatable bonds is 2. The van der Waals surface area contributed by atoms with E-state index in [1.54, 1.807) is 32.3 Å². The largest absolute Gasteiger partial charge is 0.386 e. The molecule has 12 heavy (non-hydrogen) atoms. The van der Waals surface area contributed by atoms with E-state index in [2.05, 4.69) is 4.98 Å². The molecule has 0 aliphatic heterocycles. The molecule has 1 rings (SSSR count). The highest BCUT2D eigenvalue weighted by Crippen LogP contribution is 2.21. The van der Waals surface area contributed by atoms with Gasteiger partial charge in [0.2, 0.25) is 0 Å². The van der Waals surface area contributed by atoms with Crippen LogP contribution in [-0.4, -0.2) is 15.6 Å². The zero-order valence-corrected chi connectivity index (χ0v) is 7.36. The van der Waals surface area contributed by atoms with Crippen molar-refractivity contribution in [1.82, 2.24) is 4.98 Å². The molecule has 0 aliphatic rings. The van der Waals surface area contributed by atoms with Crippen LogP contribution in [0.1, 0.15) is 25.5 Å². The van der Waals surface area contributed by atoms with E-state index in [1.165, 1.54) is 0 Å². The van der Waals surface area contributed by atoms with Crippen molar-refractivity contribution in [3.63, 3.8) is 0 Å². The molecule has 0 radical (unpaired) electrons. The Hall–Kier alpha value is -0.930. The molecule has 3 heteroatoms. The average Bonchev–Trinajstić information content (AvgIpc) is 2.03. The molecule has 0 bridgehead atoms. The van der Waals surface area contributed by atoms with Crippen molar-refractivity contribution in [3.8, 4) is 0 Å². The molecule has 3 nitrogen and oxygen atoms in total. The highest BCUT2D eigenvalue weighted by molar-refractivity contribution is 5.15. The minimum Gasteiger partial charge on any atom is -0.386 e. The lowest BCUT2D eigenvalue weighted by molar-refractivity contribution is 0.104. The van der Waals surface area contributed by atoms with Crippen molar-refractivity contribution >= 4 is 0 Å². The van der Waals surface area contributed by atoms with Crippen LogP contribution < -0.4 is 5.73 Å². The van der Waals surface area contributed by atoms with Gasteiger partial charge in [0.25, 0.3) is 0 Å². The summed E-state index contributed by atoms with van der Waals surface area (Å²) in [6.45, 7) is 3.56. The number of aliphatic hydroxyl groups excluding tert-OH is 1. The van der Waals surface area contributed by atoms with E-state index in [0.29, 0.717) is 0 Å². The molecule has 0 spiro atoms. The molecule has 66 valence electrons. The van der Waals surface area contributed by atoms with Crippen LogP contribution in [-0.2, 0) is 0 Å². The standard InChI is InChI=1S/C9H14N2O/c1-9(2,10)8(12)7-4-3-5-11-6-7/h3-6,8,12H,10H2,1-2H3/t8-/m0/s1. The summed E-state index contributed by atoms with van der Waals surface area (Å²) in [5.74, 6) is 0. The van der Waals surface area contributed by atoms with E-state index >= 15 is 0 Å². The van der Waals surface area contributed by atoms with Gasteiger partial charge in [0.1, 0.15) is 0 Å². The summed E-state index contributed by atoms with van der Waals surface area (Å²) in [5.41, 5.74) is 5.87. The normalized spacial score (nSPS) is 14.3. The van der Waals surface area contributed by atoms with Crippen LogP contribution in [0.15, 0.2) is 24.5 Å². The Kier molecular flexibility index (Phi) is 2.45. The second-order valence-corrected chi connectivity index (χ2v) is 3.51. The summed E-state index contributed by atoms with van der Waals surface area (Å²) >= 11 is 0. The Bertz CT molecular complexity index is 240. The molecule has 0 aliphatic carbocycles. The van der Waals surface area contributed by atoms with Crippen LogP contribution in [0.3, 0.4) is 0 Å². The zero-order valence-electron chi connectivity index (χ0n) is 7.36. The monoisotopic (exact) mass is 166 g/mol. The van der Waals surface area contributed by atoms with Crippen LogP contribution in [0, 0.1) is 0 Å². The molecule has 0 saturated carbocycles. The van der Waals surface area contributed by atoms with Crippen molar-refractivity contribution in [2.45, 2.75) is 25.5 Å². The molecule has 0 aromatic carbocycles. The SMILES string of the molecule is CC(C)(N)[C@@H](O)c1cccnc1. The lowest BCUT2D eigenvalue weighted by atomic mass is 9.94. The van der Waals surface area contributed by atoms with Crippen LogP contribution in [0.2, 0.25) is 0 Å². The molecular weight excluding hydrogens is 152 g/mol. The minimum absolute atomic E-state index is 0.622. The lowest BCUT2D eigenvalue weighted by Gasteiger charge is -2.25. The maximum atomic E-state index is 9.69. The molecule has 0 amide bonds. The first kappa shape index (κ1) is 9.16. The second-order valence-electron chi connectivity index (χ2n) is 3.51. The number of hydrogen-bond acceptors (Lipinski definition) is 3. The molecule has 1 aromatic rings. The fraction of sp³-hybridized carbons (Fsp3) is 0.444. The maximum Gasteiger partial charge on any atom is 0.0978 e. The average molecular weight is 166 g/mol. The molecule has 1 aromatic heterocycles. The van der Waals surface area contributed by atoms with Gasteiger partial charge >= 0.3 is 0 Å². The van der Waals surface area contributed by atoms with Gasteiger partial charge in [0.05, 0.1) is 6.10 Å². The highest BCUT2D eigenvalue weighted by Gasteiger charge is 2.23. The molecular formula is C9H14N2O. The van der Waals surface area contributed by atoms with Crippen molar-refractivity contribution in [2.75, 3.05) is 0 Å². The van der Waals surface area contributed by atoms with Gasteiger partial charge in [-0.2, -0.15) is 0 Å². The first-order valence-electron chi connectivity index (χ1n) is 3.88. The minimum atomic E-state index is -0.661. The molecule has 0 saturated heterocycles. The van der Waals surface area contributed by atoms with Crippen LogP contribution in [0.25, 0.3) is 0 Å². The number of pyridine rings is 1. The maximum absolute atomic E-state index is 9.69. The third-order valence-electron chi connectivity index (χ3n) is 1.70. The third kappa shape index (κ3) is 2.03. The Morgan fingerprint density at radius 3 is 2.67 bits per heavy atom. The summed E-state index contributed by atoms with van der Waals surface area (Å²) in [6.07, 6.45) is 2.63. The molecule has 1 heterocycles. The third-order valence-corrected chi connectivity index (χ3v) is 1.70. The summed E-state index contributed by atoms with van der Waals surface area (Å²) in [4.78, 5) is 3.90. The van der Waals surface area contributed by atoms with Crippen molar-refractivity contribution in [1.29, 1.82) is 0 Å². The van der Waals surface area contributed by atoms with Gasteiger partial charge in [0.15, 0.2) is 0 Å². The summed E-state index contributed by atoms with van der Waals surface area (Å²) in [7, 11) is 0. The number of nitrogens with zero attached hydrogens (tertiary/aromatic N) is 1. The van der Waals surface area contributed by atoms with E-state index in [0.717, 1.165) is 5.56 Å². The van der Waals surface area contributed by atoms with Crippen LogP contribution in [0.4, 0.5) is 0 Å². The number of nitrogens with two attached hydrogens (primary N) is 1. The Balaban J connectivity index is 2.86. The van der Waals surface area contributed by atoms with E-state index in [9.17, 15) is 5.11 Å². The van der Waals surface area contributed by atoms with E-state index in [4.69, 9.17) is 5.73 Å². The highest BCUT2D eigenvalue weighted by atomic mass is 16.3.